The first-order valence-corrected chi connectivity index (χ1v) is 7.44. The minimum Gasteiger partial charge on any atom is -0.478 e. The Hall–Kier alpha value is -2.88. The maximum atomic E-state index is 11.4. The second-order valence-corrected chi connectivity index (χ2v) is 5.69. The molecular weight excluding hydrogens is 288 g/mol. The van der Waals surface area contributed by atoms with Crippen molar-refractivity contribution >= 4 is 28.2 Å². The Labute approximate surface area is 134 Å². The van der Waals surface area contributed by atoms with E-state index in [0.29, 0.717) is 5.69 Å². The fourth-order valence-corrected chi connectivity index (χ4v) is 2.68. The van der Waals surface area contributed by atoms with Crippen LogP contribution in [0.5, 0.6) is 0 Å². The van der Waals surface area contributed by atoms with Gasteiger partial charge in [-0.1, -0.05) is 24.3 Å². The van der Waals surface area contributed by atoms with Crippen LogP contribution in [0.3, 0.4) is 0 Å². The van der Waals surface area contributed by atoms with Crippen molar-refractivity contribution in [1.82, 2.24) is 4.98 Å². The van der Waals surface area contributed by atoms with Crippen molar-refractivity contribution in [2.75, 3.05) is 5.32 Å². The quantitative estimate of drug-likeness (QED) is 0.742. The fourth-order valence-electron chi connectivity index (χ4n) is 2.68. The summed E-state index contributed by atoms with van der Waals surface area (Å²) in [4.78, 5) is 16.0. The molecule has 4 heteroatoms. The molecule has 0 unspecified atom stereocenters. The van der Waals surface area contributed by atoms with E-state index in [-0.39, 0.29) is 5.56 Å². The van der Waals surface area contributed by atoms with E-state index in [1.807, 2.05) is 25.1 Å². The number of aryl methyl sites for hydroxylation is 3. The molecule has 0 radical (unpaired) electrons. The van der Waals surface area contributed by atoms with Gasteiger partial charge in [0, 0.05) is 16.8 Å². The molecule has 0 saturated heterocycles. The van der Waals surface area contributed by atoms with Crippen LogP contribution in [-0.2, 0) is 0 Å². The van der Waals surface area contributed by atoms with E-state index in [4.69, 9.17) is 0 Å². The third-order valence-corrected chi connectivity index (χ3v) is 4.06. The molecule has 0 fully saturated rings. The van der Waals surface area contributed by atoms with Crippen LogP contribution in [0.15, 0.2) is 42.5 Å². The summed E-state index contributed by atoms with van der Waals surface area (Å²) < 4.78 is 0. The lowest BCUT2D eigenvalue weighted by Gasteiger charge is -2.14. The van der Waals surface area contributed by atoms with Crippen LogP contribution in [0.1, 0.15) is 27.2 Å². The molecule has 0 bridgehead atoms. The molecule has 2 aromatic carbocycles. The summed E-state index contributed by atoms with van der Waals surface area (Å²) in [5.41, 5.74) is 5.85. The third kappa shape index (κ3) is 2.75. The van der Waals surface area contributed by atoms with Gasteiger partial charge >= 0.3 is 5.97 Å². The first-order valence-electron chi connectivity index (χ1n) is 7.44. The largest absolute Gasteiger partial charge is 0.478 e. The van der Waals surface area contributed by atoms with E-state index in [1.54, 1.807) is 18.2 Å². The van der Waals surface area contributed by atoms with E-state index < -0.39 is 5.97 Å². The average Bonchev–Trinajstić information content (AvgIpc) is 2.51. The number of pyridine rings is 1. The van der Waals surface area contributed by atoms with E-state index >= 15 is 0 Å². The van der Waals surface area contributed by atoms with Crippen LogP contribution in [-0.4, -0.2) is 16.1 Å². The maximum absolute atomic E-state index is 11.4. The molecule has 0 aliphatic carbocycles. The highest BCUT2D eigenvalue weighted by Crippen LogP contribution is 2.30. The Morgan fingerprint density at radius 3 is 2.52 bits per heavy atom. The lowest BCUT2D eigenvalue weighted by atomic mass is 10.0. The number of fused-ring (bicyclic) bond motifs is 1. The zero-order valence-electron chi connectivity index (χ0n) is 13.3. The van der Waals surface area contributed by atoms with Gasteiger partial charge in [0.2, 0.25) is 0 Å². The number of aromatic nitrogens is 1. The number of hydrogen-bond donors (Lipinski definition) is 2. The molecular formula is C19H18N2O2. The van der Waals surface area contributed by atoms with Gasteiger partial charge in [0.25, 0.3) is 0 Å². The highest BCUT2D eigenvalue weighted by molar-refractivity contribution is 5.99. The van der Waals surface area contributed by atoms with Gasteiger partial charge in [0.05, 0.1) is 16.8 Å². The second kappa shape index (κ2) is 5.72. The monoisotopic (exact) mass is 306 g/mol. The number of hydrogen-bond acceptors (Lipinski definition) is 3. The van der Waals surface area contributed by atoms with Crippen molar-refractivity contribution in [3.05, 3.63) is 64.8 Å². The van der Waals surface area contributed by atoms with E-state index in [1.165, 1.54) is 5.56 Å². The number of benzene rings is 2. The molecule has 3 aromatic rings. The Morgan fingerprint density at radius 2 is 1.78 bits per heavy atom. The van der Waals surface area contributed by atoms with Gasteiger partial charge in [-0.2, -0.15) is 0 Å². The van der Waals surface area contributed by atoms with Crippen molar-refractivity contribution in [2.45, 2.75) is 20.8 Å². The topological polar surface area (TPSA) is 62.2 Å². The number of nitrogens with one attached hydrogen (secondary N) is 1. The predicted molar refractivity (Wildman–Crippen MR) is 92.6 cm³/mol. The zero-order chi connectivity index (χ0) is 16.6. The Morgan fingerprint density at radius 1 is 1.04 bits per heavy atom. The minimum atomic E-state index is -0.949. The molecule has 0 spiro atoms. The number of anilines is 2. The number of carbonyl (C=O) groups is 1. The first kappa shape index (κ1) is 15.0. The Bertz CT molecular complexity index is 917. The Balaban J connectivity index is 2.18. The molecule has 4 nitrogen and oxygen atoms in total. The number of carboxylic acids is 1. The Kier molecular flexibility index (Phi) is 3.74. The number of carboxylic acid groups (broad SMARTS) is 1. The summed E-state index contributed by atoms with van der Waals surface area (Å²) in [6.07, 6.45) is 0. The third-order valence-electron chi connectivity index (χ3n) is 4.06. The minimum absolute atomic E-state index is 0.249. The number of rotatable bonds is 3. The molecule has 0 amide bonds. The number of para-hydroxylation sites is 1. The van der Waals surface area contributed by atoms with E-state index in [0.717, 1.165) is 27.8 Å². The summed E-state index contributed by atoms with van der Waals surface area (Å²) in [7, 11) is 0. The molecule has 23 heavy (non-hydrogen) atoms. The molecule has 1 aromatic heterocycles. The van der Waals surface area contributed by atoms with Crippen LogP contribution in [0.4, 0.5) is 11.4 Å². The lowest BCUT2D eigenvalue weighted by Crippen LogP contribution is -2.03. The van der Waals surface area contributed by atoms with Crippen molar-refractivity contribution in [3.8, 4) is 0 Å². The van der Waals surface area contributed by atoms with Crippen LogP contribution >= 0.6 is 0 Å². The van der Waals surface area contributed by atoms with Gasteiger partial charge in [0.15, 0.2) is 0 Å². The van der Waals surface area contributed by atoms with Crippen molar-refractivity contribution < 1.29 is 9.90 Å². The molecule has 2 N–H and O–H groups in total. The predicted octanol–water partition coefficient (Wildman–Crippen LogP) is 4.60. The maximum Gasteiger partial charge on any atom is 0.337 e. The van der Waals surface area contributed by atoms with Gasteiger partial charge in [-0.25, -0.2) is 4.79 Å². The lowest BCUT2D eigenvalue weighted by molar-refractivity contribution is 0.0698. The molecule has 1 heterocycles. The summed E-state index contributed by atoms with van der Waals surface area (Å²) in [5.74, 6) is -0.949. The summed E-state index contributed by atoms with van der Waals surface area (Å²) in [5, 5.41) is 13.6. The van der Waals surface area contributed by atoms with Crippen molar-refractivity contribution in [2.24, 2.45) is 0 Å². The van der Waals surface area contributed by atoms with Crippen LogP contribution in [0, 0.1) is 20.8 Å². The van der Waals surface area contributed by atoms with Gasteiger partial charge in [-0.05, 0) is 50.1 Å². The normalized spacial score (nSPS) is 10.7. The second-order valence-electron chi connectivity index (χ2n) is 5.69. The number of nitrogens with zero attached hydrogens (tertiary/aromatic N) is 1. The first-order chi connectivity index (χ1) is 11.0. The molecule has 0 saturated carbocycles. The van der Waals surface area contributed by atoms with Gasteiger partial charge in [-0.15, -0.1) is 0 Å². The van der Waals surface area contributed by atoms with E-state index in [9.17, 15) is 9.90 Å². The van der Waals surface area contributed by atoms with Gasteiger partial charge < -0.3 is 10.4 Å². The van der Waals surface area contributed by atoms with Gasteiger partial charge in [-0.3, -0.25) is 4.98 Å². The fraction of sp³-hybridized carbons (Fsp3) is 0.158. The SMILES string of the molecule is Cc1cc(Nc2ccccc2C(=O)O)c2ccc(C)c(C)c2n1. The summed E-state index contributed by atoms with van der Waals surface area (Å²) in [6.45, 7) is 6.06. The summed E-state index contributed by atoms with van der Waals surface area (Å²) >= 11 is 0. The molecule has 0 atom stereocenters. The van der Waals surface area contributed by atoms with Crippen LogP contribution < -0.4 is 5.32 Å². The van der Waals surface area contributed by atoms with Crippen LogP contribution in [0.25, 0.3) is 10.9 Å². The zero-order valence-corrected chi connectivity index (χ0v) is 13.3. The average molecular weight is 306 g/mol. The molecule has 0 aliphatic rings. The molecule has 3 rings (SSSR count). The highest BCUT2D eigenvalue weighted by Gasteiger charge is 2.12. The molecule has 116 valence electrons. The number of aromatic carboxylic acids is 1. The van der Waals surface area contributed by atoms with Crippen molar-refractivity contribution in [1.29, 1.82) is 0 Å². The smallest absolute Gasteiger partial charge is 0.337 e. The van der Waals surface area contributed by atoms with E-state index in [2.05, 4.69) is 30.2 Å². The highest BCUT2D eigenvalue weighted by atomic mass is 16.4. The van der Waals surface area contributed by atoms with Gasteiger partial charge in [0.1, 0.15) is 0 Å². The van der Waals surface area contributed by atoms with Crippen molar-refractivity contribution in [3.63, 3.8) is 0 Å². The van der Waals surface area contributed by atoms with Crippen LogP contribution in [0.2, 0.25) is 0 Å². The standard InChI is InChI=1S/C19H18N2O2/c1-11-8-9-14-17(10-12(2)20-18(14)13(11)3)21-16-7-5-4-6-15(16)19(22)23/h4-10H,1-3H3,(H,20,21)(H,22,23). The summed E-state index contributed by atoms with van der Waals surface area (Å²) in [6, 6.07) is 12.9. The molecule has 0 aliphatic heterocycles.